The van der Waals surface area contributed by atoms with Gasteiger partial charge in [-0.15, -0.1) is 0 Å². The van der Waals surface area contributed by atoms with E-state index in [0.717, 1.165) is 4.90 Å². The third-order valence-electron chi connectivity index (χ3n) is 4.72. The minimum Gasteiger partial charge on any atom is -0.508 e. The lowest BCUT2D eigenvalue weighted by atomic mass is 9.99. The van der Waals surface area contributed by atoms with E-state index in [0.29, 0.717) is 5.56 Å². The van der Waals surface area contributed by atoms with Gasteiger partial charge in [0.15, 0.2) is 0 Å². The summed E-state index contributed by atoms with van der Waals surface area (Å²) in [7, 11) is 0. The van der Waals surface area contributed by atoms with Crippen LogP contribution in [0.2, 0.25) is 0 Å². The van der Waals surface area contributed by atoms with E-state index >= 15 is 0 Å². The Kier molecular flexibility index (Phi) is 11.8. The van der Waals surface area contributed by atoms with Crippen LogP contribution in [-0.2, 0) is 23.9 Å². The number of rotatable bonds is 11. The van der Waals surface area contributed by atoms with E-state index in [4.69, 9.17) is 15.9 Å². The Morgan fingerprint density at radius 1 is 1.14 bits per heavy atom. The van der Waals surface area contributed by atoms with Crippen molar-refractivity contribution in [1.29, 1.82) is 0 Å². The fourth-order valence-electron chi connectivity index (χ4n) is 3.27. The number of hydrogen-bond donors (Lipinski definition) is 3. The number of hydrogen-bond acceptors (Lipinski definition) is 7. The second-order valence-corrected chi connectivity index (χ2v) is 9.51. The van der Waals surface area contributed by atoms with Gasteiger partial charge in [0.25, 0.3) is 5.91 Å². The van der Waals surface area contributed by atoms with Crippen molar-refractivity contribution < 1.29 is 33.8 Å². The van der Waals surface area contributed by atoms with Gasteiger partial charge in [-0.25, -0.2) is 4.79 Å². The summed E-state index contributed by atoms with van der Waals surface area (Å²) in [5.74, 6) is -1.85. The maximum atomic E-state index is 13.6. The number of alkyl carbamates (subject to hydrolysis) is 1. The highest BCUT2D eigenvalue weighted by Gasteiger charge is 2.36. The zero-order chi connectivity index (χ0) is 27.5. The maximum absolute atomic E-state index is 13.6. The van der Waals surface area contributed by atoms with Gasteiger partial charge in [0.05, 0.1) is 13.0 Å². The Hall–Kier alpha value is -3.74. The molecule has 1 aromatic rings. The molecule has 1 rings (SSSR count). The van der Waals surface area contributed by atoms with Crippen LogP contribution in [0.5, 0.6) is 5.75 Å². The number of ether oxygens (including phenoxy) is 2. The molecule has 1 aromatic carbocycles. The SMILES string of the molecule is C#CN(C(=O)C(CC(C)C)NC(=O)OC(C)(C)C)C(C(=O)NCCC(=O)OCC)c1ccc(O)cc1. The molecule has 3 amide bonds. The van der Waals surface area contributed by atoms with Crippen molar-refractivity contribution in [3.63, 3.8) is 0 Å². The first-order valence-electron chi connectivity index (χ1n) is 11.8. The van der Waals surface area contributed by atoms with E-state index in [-0.39, 0.29) is 37.7 Å². The maximum Gasteiger partial charge on any atom is 0.408 e. The second kappa shape index (κ2) is 14.0. The molecule has 0 bridgehead atoms. The summed E-state index contributed by atoms with van der Waals surface area (Å²) < 4.78 is 10.2. The fraction of sp³-hybridized carbons (Fsp3) is 0.538. The molecule has 0 heterocycles. The topological polar surface area (TPSA) is 134 Å². The number of esters is 1. The van der Waals surface area contributed by atoms with Gasteiger partial charge in [0, 0.05) is 12.6 Å². The second-order valence-electron chi connectivity index (χ2n) is 9.51. The molecule has 0 aliphatic rings. The monoisotopic (exact) mass is 503 g/mol. The normalized spacial score (nSPS) is 12.6. The minimum absolute atomic E-state index is 0.000891. The minimum atomic E-state index is -1.29. The van der Waals surface area contributed by atoms with E-state index in [2.05, 4.69) is 16.7 Å². The number of nitrogens with zero attached hydrogens (tertiary/aromatic N) is 1. The predicted octanol–water partition coefficient (Wildman–Crippen LogP) is 2.86. The van der Waals surface area contributed by atoms with Crippen LogP contribution in [0, 0.1) is 18.4 Å². The third kappa shape index (κ3) is 10.3. The summed E-state index contributed by atoms with van der Waals surface area (Å²) in [6.45, 7) is 10.7. The molecule has 2 unspecified atom stereocenters. The molecule has 2 atom stereocenters. The molecule has 198 valence electrons. The van der Waals surface area contributed by atoms with E-state index in [1.54, 1.807) is 27.7 Å². The van der Waals surface area contributed by atoms with Crippen molar-refractivity contribution in [1.82, 2.24) is 15.5 Å². The largest absolute Gasteiger partial charge is 0.508 e. The zero-order valence-electron chi connectivity index (χ0n) is 21.8. The van der Waals surface area contributed by atoms with Gasteiger partial charge in [0.2, 0.25) is 5.91 Å². The number of phenols is 1. The highest BCUT2D eigenvalue weighted by atomic mass is 16.6. The molecule has 36 heavy (non-hydrogen) atoms. The number of phenolic OH excluding ortho intramolecular Hbond substituents is 1. The Bertz CT molecular complexity index is 946. The van der Waals surface area contributed by atoms with E-state index in [1.165, 1.54) is 24.3 Å². The molecule has 0 aliphatic carbocycles. The van der Waals surface area contributed by atoms with Crippen LogP contribution in [0.15, 0.2) is 24.3 Å². The summed E-state index contributed by atoms with van der Waals surface area (Å²) in [5, 5.41) is 14.8. The highest BCUT2D eigenvalue weighted by Crippen LogP contribution is 2.25. The van der Waals surface area contributed by atoms with Gasteiger partial charge >= 0.3 is 12.1 Å². The summed E-state index contributed by atoms with van der Waals surface area (Å²) >= 11 is 0. The molecule has 0 aliphatic heterocycles. The van der Waals surface area contributed by atoms with Crippen LogP contribution < -0.4 is 10.6 Å². The molecule has 0 saturated heterocycles. The van der Waals surface area contributed by atoms with Crippen LogP contribution in [0.1, 0.15) is 66.0 Å². The number of terminal acetylenes is 1. The molecule has 0 aromatic heterocycles. The number of nitrogens with one attached hydrogen (secondary N) is 2. The molecule has 0 spiro atoms. The Morgan fingerprint density at radius 2 is 1.75 bits per heavy atom. The Morgan fingerprint density at radius 3 is 2.25 bits per heavy atom. The number of amides is 3. The first-order chi connectivity index (χ1) is 16.8. The van der Waals surface area contributed by atoms with Crippen LogP contribution in [0.3, 0.4) is 0 Å². The van der Waals surface area contributed by atoms with Crippen molar-refractivity contribution in [3.8, 4) is 18.2 Å². The number of carbonyl (C=O) groups is 4. The van der Waals surface area contributed by atoms with Crippen molar-refractivity contribution in [2.75, 3.05) is 13.2 Å². The van der Waals surface area contributed by atoms with E-state index in [1.807, 2.05) is 13.8 Å². The lowest BCUT2D eigenvalue weighted by Gasteiger charge is -2.31. The molecule has 10 heteroatoms. The summed E-state index contributed by atoms with van der Waals surface area (Å²) in [6.07, 6.45) is 5.08. The van der Waals surface area contributed by atoms with Crippen molar-refractivity contribution in [2.24, 2.45) is 5.92 Å². The molecular formula is C26H37N3O7. The fourth-order valence-corrected chi connectivity index (χ4v) is 3.27. The van der Waals surface area contributed by atoms with Crippen molar-refractivity contribution in [3.05, 3.63) is 29.8 Å². The number of aromatic hydroxyl groups is 1. The van der Waals surface area contributed by atoms with Crippen molar-refractivity contribution >= 4 is 23.9 Å². The summed E-state index contributed by atoms with van der Waals surface area (Å²) in [4.78, 5) is 51.7. The van der Waals surface area contributed by atoms with E-state index < -0.39 is 41.6 Å². The molecular weight excluding hydrogens is 466 g/mol. The van der Waals surface area contributed by atoms with Gasteiger partial charge in [-0.3, -0.25) is 19.3 Å². The van der Waals surface area contributed by atoms with Crippen molar-refractivity contribution in [2.45, 2.75) is 72.1 Å². The van der Waals surface area contributed by atoms with Crippen LogP contribution in [0.25, 0.3) is 0 Å². The van der Waals surface area contributed by atoms with Gasteiger partial charge in [-0.2, -0.15) is 0 Å². The molecule has 0 fully saturated rings. The van der Waals surface area contributed by atoms with Gasteiger partial charge in [0.1, 0.15) is 23.4 Å². The first kappa shape index (κ1) is 30.3. The van der Waals surface area contributed by atoms with Gasteiger partial charge < -0.3 is 25.2 Å². The standard InChI is InChI=1S/C26H37N3O7/c1-8-29(24(33)20(16-17(3)4)28-25(34)36-26(5,6)7)22(18-10-12-19(30)13-11-18)23(32)27-15-14-21(31)35-9-2/h1,10-13,17,20,22,30H,9,14-16H2,2-7H3,(H,27,32)(H,28,34). The first-order valence-corrected chi connectivity index (χ1v) is 11.8. The molecule has 3 N–H and O–H groups in total. The van der Waals surface area contributed by atoms with E-state index in [9.17, 15) is 24.3 Å². The number of carbonyl (C=O) groups excluding carboxylic acids is 4. The lowest BCUT2D eigenvalue weighted by Crippen LogP contribution is -2.52. The zero-order valence-corrected chi connectivity index (χ0v) is 21.8. The average molecular weight is 504 g/mol. The predicted molar refractivity (Wildman–Crippen MR) is 133 cm³/mol. The number of benzene rings is 1. The average Bonchev–Trinajstić information content (AvgIpc) is 2.75. The quantitative estimate of drug-likeness (QED) is 0.240. The lowest BCUT2D eigenvalue weighted by molar-refractivity contribution is -0.143. The molecule has 10 nitrogen and oxygen atoms in total. The summed E-state index contributed by atoms with van der Waals surface area (Å²) in [6, 6.07) is 5.55. The molecule has 0 radical (unpaired) electrons. The third-order valence-corrected chi connectivity index (χ3v) is 4.72. The Labute approximate surface area is 212 Å². The van der Waals surface area contributed by atoms with Gasteiger partial charge in [-0.1, -0.05) is 32.4 Å². The van der Waals surface area contributed by atoms with Gasteiger partial charge in [-0.05, 0) is 57.7 Å². The molecule has 0 saturated carbocycles. The summed E-state index contributed by atoms with van der Waals surface area (Å²) in [5.41, 5.74) is -0.456. The van der Waals surface area contributed by atoms with Crippen LogP contribution in [-0.4, -0.2) is 58.7 Å². The smallest absolute Gasteiger partial charge is 0.408 e. The van der Waals surface area contributed by atoms with Crippen LogP contribution >= 0.6 is 0 Å². The van der Waals surface area contributed by atoms with Crippen LogP contribution in [0.4, 0.5) is 4.79 Å². The Balaban J connectivity index is 3.26. The highest BCUT2D eigenvalue weighted by molar-refractivity contribution is 5.93.